The molecular formula is C29H22ClN7O2. The number of anilines is 1. The molecule has 6 rings (SSSR count). The van der Waals surface area contributed by atoms with Crippen LogP contribution in [0.25, 0.3) is 38.6 Å². The lowest BCUT2D eigenvalue weighted by atomic mass is 9.99. The number of para-hydroxylation sites is 1. The fourth-order valence-electron chi connectivity index (χ4n) is 4.80. The molecule has 0 unspecified atom stereocenters. The van der Waals surface area contributed by atoms with Crippen molar-refractivity contribution in [3.8, 4) is 16.8 Å². The van der Waals surface area contributed by atoms with Gasteiger partial charge in [0.25, 0.3) is 5.56 Å². The van der Waals surface area contributed by atoms with Crippen LogP contribution in [0, 0.1) is 6.92 Å². The molecule has 10 heteroatoms. The first-order chi connectivity index (χ1) is 18.9. The van der Waals surface area contributed by atoms with Crippen molar-refractivity contribution in [3.63, 3.8) is 0 Å². The molecule has 2 aromatic carbocycles. The number of H-pyrrole nitrogens is 1. The van der Waals surface area contributed by atoms with E-state index in [9.17, 15) is 9.59 Å². The van der Waals surface area contributed by atoms with Crippen LogP contribution in [-0.4, -0.2) is 29.5 Å². The highest BCUT2D eigenvalue weighted by molar-refractivity contribution is 6.36. The molecule has 0 fully saturated rings. The average Bonchev–Trinajstić information content (AvgIpc) is 2.95. The summed E-state index contributed by atoms with van der Waals surface area (Å²) in [7, 11) is 0. The first-order valence-corrected chi connectivity index (χ1v) is 12.6. The summed E-state index contributed by atoms with van der Waals surface area (Å²) in [6.07, 6.45) is 6.31. The molecule has 39 heavy (non-hydrogen) atoms. The number of benzene rings is 2. The first kappa shape index (κ1) is 24.4. The van der Waals surface area contributed by atoms with Gasteiger partial charge in [-0.1, -0.05) is 48.0 Å². The molecule has 0 bridgehead atoms. The lowest BCUT2D eigenvalue weighted by molar-refractivity contribution is 0.774. The highest BCUT2D eigenvalue weighted by Crippen LogP contribution is 2.36. The van der Waals surface area contributed by atoms with Gasteiger partial charge < -0.3 is 10.3 Å². The summed E-state index contributed by atoms with van der Waals surface area (Å²) in [6, 6.07) is 15.7. The fourth-order valence-corrected chi connectivity index (χ4v) is 5.21. The van der Waals surface area contributed by atoms with Crippen molar-refractivity contribution >= 4 is 39.2 Å². The third-order valence-electron chi connectivity index (χ3n) is 6.60. The molecule has 0 aliphatic heterocycles. The van der Waals surface area contributed by atoms with Gasteiger partial charge in [-0.25, -0.2) is 19.9 Å². The van der Waals surface area contributed by atoms with Crippen LogP contribution in [0.15, 0.2) is 89.1 Å². The smallest absolute Gasteiger partial charge is 0.263 e. The number of nitrogens with one attached hydrogen (secondary N) is 2. The zero-order valence-electron chi connectivity index (χ0n) is 21.0. The van der Waals surface area contributed by atoms with E-state index in [-0.39, 0.29) is 11.0 Å². The number of pyridine rings is 2. The normalized spacial score (nSPS) is 12.1. The largest absolute Gasteiger partial charge is 0.361 e. The molecule has 2 N–H and O–H groups in total. The molecule has 4 aromatic heterocycles. The van der Waals surface area contributed by atoms with Gasteiger partial charge in [0.1, 0.15) is 29.0 Å². The number of rotatable bonds is 5. The van der Waals surface area contributed by atoms with Gasteiger partial charge in [0.2, 0.25) is 0 Å². The summed E-state index contributed by atoms with van der Waals surface area (Å²) in [5.74, 6) is 0.972. The van der Waals surface area contributed by atoms with E-state index in [1.807, 2.05) is 62.4 Å². The van der Waals surface area contributed by atoms with Crippen molar-refractivity contribution in [3.05, 3.63) is 117 Å². The molecule has 0 saturated heterocycles. The predicted molar refractivity (Wildman–Crippen MR) is 153 cm³/mol. The number of aryl methyl sites for hydroxylation is 1. The molecular weight excluding hydrogens is 514 g/mol. The second-order valence-electron chi connectivity index (χ2n) is 9.08. The number of hydrogen-bond acceptors (Lipinski definition) is 7. The molecule has 6 aromatic rings. The monoisotopic (exact) mass is 535 g/mol. The molecule has 0 aliphatic rings. The Bertz CT molecular complexity index is 1960. The van der Waals surface area contributed by atoms with Crippen LogP contribution in [0.4, 0.5) is 5.82 Å². The SMILES string of the molecule is Cc1ncc(-c2cccc3c(Cl)c([C@H](C)Nc4ncnc5[nH]ccc(=O)c45)n(-c4ccccc4)c(=O)c23)cn1. The predicted octanol–water partition coefficient (Wildman–Crippen LogP) is 5.21. The van der Waals surface area contributed by atoms with Gasteiger partial charge >= 0.3 is 0 Å². The molecule has 1 atom stereocenters. The Labute approximate surface area is 227 Å². The quantitative estimate of drug-likeness (QED) is 0.311. The van der Waals surface area contributed by atoms with E-state index in [0.717, 1.165) is 0 Å². The standard InChI is InChI=1S/C29H22ClN7O2/c1-16(36-28-24-22(38)11-12-31-27(24)34-15-35-28)26-25(30)21-10-6-9-20(18-13-32-17(2)33-14-18)23(21)29(39)37(26)19-7-4-3-5-8-19/h3-16H,1-2H3,(H2,31,34,35,36,38)/t16-/m0/s1. The summed E-state index contributed by atoms with van der Waals surface area (Å²) >= 11 is 7.13. The third kappa shape index (κ3) is 4.22. The van der Waals surface area contributed by atoms with E-state index >= 15 is 0 Å². The molecule has 0 saturated carbocycles. The summed E-state index contributed by atoms with van der Waals surface area (Å²) in [4.78, 5) is 47.1. The molecule has 0 aliphatic carbocycles. The second kappa shape index (κ2) is 9.77. The van der Waals surface area contributed by atoms with Crippen LogP contribution in [0.3, 0.4) is 0 Å². The van der Waals surface area contributed by atoms with Crippen LogP contribution in [-0.2, 0) is 0 Å². The van der Waals surface area contributed by atoms with Crippen LogP contribution in [0.1, 0.15) is 24.5 Å². The van der Waals surface area contributed by atoms with Gasteiger partial charge in [-0.2, -0.15) is 0 Å². The van der Waals surface area contributed by atoms with Crippen molar-refractivity contribution in [1.82, 2.24) is 29.5 Å². The third-order valence-corrected chi connectivity index (χ3v) is 7.00. The van der Waals surface area contributed by atoms with Gasteiger partial charge in [-0.05, 0) is 31.5 Å². The van der Waals surface area contributed by atoms with Crippen molar-refractivity contribution in [2.45, 2.75) is 19.9 Å². The minimum absolute atomic E-state index is 0.228. The first-order valence-electron chi connectivity index (χ1n) is 12.2. The van der Waals surface area contributed by atoms with Gasteiger partial charge in [-0.3, -0.25) is 14.2 Å². The summed E-state index contributed by atoms with van der Waals surface area (Å²) in [6.45, 7) is 3.68. The molecule has 192 valence electrons. The van der Waals surface area contributed by atoms with Gasteiger partial charge in [0.15, 0.2) is 5.43 Å². The van der Waals surface area contributed by atoms with E-state index in [0.29, 0.717) is 61.0 Å². The second-order valence-corrected chi connectivity index (χ2v) is 9.45. The average molecular weight is 536 g/mol. The Balaban J connectivity index is 1.62. The Kier molecular flexibility index (Phi) is 6.12. The van der Waals surface area contributed by atoms with E-state index in [2.05, 4.69) is 30.2 Å². The van der Waals surface area contributed by atoms with Gasteiger partial charge in [-0.15, -0.1) is 0 Å². The summed E-state index contributed by atoms with van der Waals surface area (Å²) in [5.41, 5.74) is 2.50. The molecule has 9 nitrogen and oxygen atoms in total. The maximum absolute atomic E-state index is 14.3. The summed E-state index contributed by atoms with van der Waals surface area (Å²) in [5, 5.41) is 5.07. The Morgan fingerprint density at radius 3 is 2.46 bits per heavy atom. The van der Waals surface area contributed by atoms with Crippen LogP contribution in [0.2, 0.25) is 5.02 Å². The zero-order valence-corrected chi connectivity index (χ0v) is 21.8. The van der Waals surface area contributed by atoms with E-state index < -0.39 is 6.04 Å². The minimum Gasteiger partial charge on any atom is -0.361 e. The molecule has 0 spiro atoms. The number of hydrogen-bond donors (Lipinski definition) is 2. The summed E-state index contributed by atoms with van der Waals surface area (Å²) < 4.78 is 1.61. The maximum atomic E-state index is 14.3. The molecule has 0 radical (unpaired) electrons. The lowest BCUT2D eigenvalue weighted by Gasteiger charge is -2.24. The maximum Gasteiger partial charge on any atom is 0.263 e. The molecule has 4 heterocycles. The molecule has 0 amide bonds. The van der Waals surface area contributed by atoms with Crippen molar-refractivity contribution in [1.29, 1.82) is 0 Å². The minimum atomic E-state index is -0.529. The van der Waals surface area contributed by atoms with Gasteiger partial charge in [0, 0.05) is 41.3 Å². The number of nitrogens with zero attached hydrogens (tertiary/aromatic N) is 5. The highest BCUT2D eigenvalue weighted by Gasteiger charge is 2.24. The van der Waals surface area contributed by atoms with E-state index in [1.54, 1.807) is 17.0 Å². The fraction of sp³-hybridized carbons (Fsp3) is 0.103. The van der Waals surface area contributed by atoms with Crippen molar-refractivity contribution < 1.29 is 0 Å². The number of aromatic amines is 1. The van der Waals surface area contributed by atoms with Crippen LogP contribution in [0.5, 0.6) is 0 Å². The van der Waals surface area contributed by atoms with Crippen molar-refractivity contribution in [2.75, 3.05) is 5.32 Å². The van der Waals surface area contributed by atoms with Crippen LogP contribution >= 0.6 is 11.6 Å². The Morgan fingerprint density at radius 1 is 0.923 bits per heavy atom. The Morgan fingerprint density at radius 2 is 1.69 bits per heavy atom. The Hall–Kier alpha value is -4.89. The van der Waals surface area contributed by atoms with Gasteiger partial charge in [0.05, 0.1) is 22.1 Å². The van der Waals surface area contributed by atoms with E-state index in [1.165, 1.54) is 18.6 Å². The van der Waals surface area contributed by atoms with Crippen molar-refractivity contribution in [2.24, 2.45) is 0 Å². The number of halogens is 1. The number of aromatic nitrogens is 6. The zero-order chi connectivity index (χ0) is 27.1. The van der Waals surface area contributed by atoms with E-state index in [4.69, 9.17) is 11.6 Å². The number of fused-ring (bicyclic) bond motifs is 2. The van der Waals surface area contributed by atoms with Crippen LogP contribution < -0.4 is 16.3 Å². The lowest BCUT2D eigenvalue weighted by Crippen LogP contribution is -2.27. The topological polar surface area (TPSA) is 118 Å². The highest BCUT2D eigenvalue weighted by atomic mass is 35.5.